The summed E-state index contributed by atoms with van der Waals surface area (Å²) in [6, 6.07) is 0. The third kappa shape index (κ3) is 4.68. The molecule has 1 heterocycles. The highest BCUT2D eigenvalue weighted by atomic mass is 32.1. The van der Waals surface area contributed by atoms with Gasteiger partial charge in [-0.25, -0.2) is 15.7 Å². The number of ether oxygens (including phenoxy) is 1. The zero-order valence-corrected chi connectivity index (χ0v) is 11.2. The van der Waals surface area contributed by atoms with Crippen LogP contribution >= 0.6 is 11.3 Å². The summed E-state index contributed by atoms with van der Waals surface area (Å²) in [4.78, 5) is 21.1. The van der Waals surface area contributed by atoms with Crippen LogP contribution < -0.4 is 11.2 Å². The molecule has 0 radical (unpaired) electrons. The molecule has 1 rings (SSSR count). The first-order chi connectivity index (χ1) is 7.81. The molecule has 6 nitrogen and oxygen atoms in total. The number of nitrogens with two attached hydrogens (primary N) is 1. The molecule has 96 valence electrons. The number of thiazole rings is 1. The molecule has 0 saturated carbocycles. The Kier molecular flexibility index (Phi) is 4.44. The van der Waals surface area contributed by atoms with E-state index in [0.717, 1.165) is 10.6 Å². The van der Waals surface area contributed by atoms with Crippen molar-refractivity contribution >= 4 is 22.6 Å². The summed E-state index contributed by atoms with van der Waals surface area (Å²) in [5, 5.41) is 3.04. The Bertz CT molecular complexity index is 398. The number of nitrogens with one attached hydrogen (secondary N) is 1. The van der Waals surface area contributed by atoms with Gasteiger partial charge >= 0.3 is 6.09 Å². The fourth-order valence-electron chi connectivity index (χ4n) is 1.08. The average Bonchev–Trinajstić information content (AvgIpc) is 2.43. The maximum atomic E-state index is 11.5. The standard InChI is InChI=1S/C10H17N3O3S/c1-6-7(5-15-11)17-8(12-6)13-9(14)16-10(2,3)4/h5,11H2,1-4H3,(H,12,13,14). The van der Waals surface area contributed by atoms with E-state index in [9.17, 15) is 4.79 Å². The minimum Gasteiger partial charge on any atom is -0.444 e. The highest BCUT2D eigenvalue weighted by molar-refractivity contribution is 7.15. The Morgan fingerprint density at radius 3 is 2.71 bits per heavy atom. The van der Waals surface area contributed by atoms with Gasteiger partial charge < -0.3 is 4.74 Å². The van der Waals surface area contributed by atoms with Crippen molar-refractivity contribution in [2.75, 3.05) is 5.32 Å². The SMILES string of the molecule is Cc1nc(NC(=O)OC(C)(C)C)sc1CON. The smallest absolute Gasteiger partial charge is 0.413 e. The molecule has 0 fully saturated rings. The topological polar surface area (TPSA) is 86.5 Å². The second-order valence-corrected chi connectivity index (χ2v) is 5.55. The van der Waals surface area contributed by atoms with E-state index < -0.39 is 11.7 Å². The third-order valence-electron chi connectivity index (χ3n) is 1.71. The van der Waals surface area contributed by atoms with E-state index in [1.54, 1.807) is 20.8 Å². The normalized spacial score (nSPS) is 11.4. The van der Waals surface area contributed by atoms with Gasteiger partial charge in [0.1, 0.15) is 12.2 Å². The predicted octanol–water partition coefficient (Wildman–Crippen LogP) is 2.19. The molecule has 7 heteroatoms. The largest absolute Gasteiger partial charge is 0.444 e. The molecule has 0 saturated heterocycles. The fraction of sp³-hybridized carbons (Fsp3) is 0.600. The van der Waals surface area contributed by atoms with Crippen LogP contribution in [-0.4, -0.2) is 16.7 Å². The van der Waals surface area contributed by atoms with Crippen molar-refractivity contribution in [3.05, 3.63) is 10.6 Å². The first-order valence-corrected chi connectivity index (χ1v) is 5.91. The third-order valence-corrected chi connectivity index (χ3v) is 2.76. The monoisotopic (exact) mass is 259 g/mol. The molecule has 0 aliphatic heterocycles. The number of amides is 1. The number of anilines is 1. The molecule has 0 unspecified atom stereocenters. The van der Waals surface area contributed by atoms with Gasteiger partial charge in [-0.15, -0.1) is 0 Å². The maximum Gasteiger partial charge on any atom is 0.413 e. The van der Waals surface area contributed by atoms with Crippen LogP contribution in [0, 0.1) is 6.92 Å². The van der Waals surface area contributed by atoms with Gasteiger partial charge in [0.2, 0.25) is 0 Å². The molecule has 0 aliphatic rings. The van der Waals surface area contributed by atoms with Crippen LogP contribution in [0.2, 0.25) is 0 Å². The van der Waals surface area contributed by atoms with Crippen LogP contribution in [0.4, 0.5) is 9.93 Å². The molecule has 1 aromatic heterocycles. The van der Waals surface area contributed by atoms with Crippen molar-refractivity contribution in [3.8, 4) is 0 Å². The molecule has 3 N–H and O–H groups in total. The van der Waals surface area contributed by atoms with E-state index in [1.165, 1.54) is 11.3 Å². The van der Waals surface area contributed by atoms with Gasteiger partial charge in [0.05, 0.1) is 10.6 Å². The van der Waals surface area contributed by atoms with E-state index in [2.05, 4.69) is 15.1 Å². The summed E-state index contributed by atoms with van der Waals surface area (Å²) in [7, 11) is 0. The summed E-state index contributed by atoms with van der Waals surface area (Å²) in [5.74, 6) is 4.99. The molecule has 0 aromatic carbocycles. The second-order valence-electron chi connectivity index (χ2n) is 4.47. The molecule has 17 heavy (non-hydrogen) atoms. The van der Waals surface area contributed by atoms with Gasteiger partial charge in [0.25, 0.3) is 0 Å². The fourth-order valence-corrected chi connectivity index (χ4v) is 1.95. The van der Waals surface area contributed by atoms with E-state index in [4.69, 9.17) is 10.6 Å². The number of carbonyl (C=O) groups is 1. The first kappa shape index (κ1) is 13.9. The Labute approximate surface area is 104 Å². The van der Waals surface area contributed by atoms with Crippen LogP contribution in [0.3, 0.4) is 0 Å². The first-order valence-electron chi connectivity index (χ1n) is 5.10. The van der Waals surface area contributed by atoms with Gasteiger partial charge in [-0.1, -0.05) is 11.3 Å². The molecular formula is C10H17N3O3S. The van der Waals surface area contributed by atoms with Crippen LogP contribution in [0.1, 0.15) is 31.3 Å². The summed E-state index contributed by atoms with van der Waals surface area (Å²) < 4.78 is 5.11. The Morgan fingerprint density at radius 1 is 1.53 bits per heavy atom. The predicted molar refractivity (Wildman–Crippen MR) is 65.7 cm³/mol. The van der Waals surface area contributed by atoms with Crippen LogP contribution in [0.15, 0.2) is 0 Å². The molecule has 0 bridgehead atoms. The molecular weight excluding hydrogens is 242 g/mol. The van der Waals surface area contributed by atoms with Gasteiger partial charge in [0, 0.05) is 0 Å². The second kappa shape index (κ2) is 5.44. The Hall–Kier alpha value is -1.18. The number of rotatable bonds is 3. The zero-order valence-electron chi connectivity index (χ0n) is 10.4. The van der Waals surface area contributed by atoms with E-state index in [0.29, 0.717) is 5.13 Å². The summed E-state index contributed by atoms with van der Waals surface area (Å²) in [5.41, 5.74) is 0.256. The lowest BCUT2D eigenvalue weighted by atomic mass is 10.2. The minimum atomic E-state index is -0.528. The number of hydrogen-bond donors (Lipinski definition) is 2. The van der Waals surface area contributed by atoms with Gasteiger partial charge in [-0.05, 0) is 27.7 Å². The lowest BCUT2D eigenvalue weighted by Crippen LogP contribution is -2.27. The van der Waals surface area contributed by atoms with Gasteiger partial charge in [-0.3, -0.25) is 10.2 Å². The van der Waals surface area contributed by atoms with Crippen molar-refractivity contribution in [1.29, 1.82) is 0 Å². The Balaban J connectivity index is 2.63. The summed E-state index contributed by atoms with van der Waals surface area (Å²) in [6.07, 6.45) is -0.522. The van der Waals surface area contributed by atoms with E-state index in [1.807, 2.05) is 6.92 Å². The van der Waals surface area contributed by atoms with Crippen molar-refractivity contribution in [3.63, 3.8) is 0 Å². The zero-order chi connectivity index (χ0) is 13.1. The number of nitrogens with zero attached hydrogens (tertiary/aromatic N) is 1. The molecule has 0 spiro atoms. The summed E-state index contributed by atoms with van der Waals surface area (Å²) in [6.45, 7) is 7.50. The van der Waals surface area contributed by atoms with Crippen LogP contribution in [0.25, 0.3) is 0 Å². The van der Waals surface area contributed by atoms with E-state index in [-0.39, 0.29) is 6.61 Å². The van der Waals surface area contributed by atoms with Crippen molar-refractivity contribution in [2.24, 2.45) is 5.90 Å². The number of aromatic nitrogens is 1. The highest BCUT2D eigenvalue weighted by Crippen LogP contribution is 2.23. The minimum absolute atomic E-state index is 0.277. The maximum absolute atomic E-state index is 11.5. The van der Waals surface area contributed by atoms with E-state index >= 15 is 0 Å². The molecule has 1 amide bonds. The van der Waals surface area contributed by atoms with Gasteiger partial charge in [-0.2, -0.15) is 0 Å². The van der Waals surface area contributed by atoms with Crippen LogP contribution in [0.5, 0.6) is 0 Å². The lowest BCUT2D eigenvalue weighted by molar-refractivity contribution is 0.0636. The highest BCUT2D eigenvalue weighted by Gasteiger charge is 2.17. The molecule has 0 aliphatic carbocycles. The Morgan fingerprint density at radius 2 is 2.18 bits per heavy atom. The summed E-state index contributed by atoms with van der Waals surface area (Å²) >= 11 is 1.31. The number of hydrogen-bond acceptors (Lipinski definition) is 6. The van der Waals surface area contributed by atoms with Crippen molar-refractivity contribution in [2.45, 2.75) is 39.9 Å². The molecule has 1 aromatic rings. The quantitative estimate of drug-likeness (QED) is 0.812. The van der Waals surface area contributed by atoms with Crippen molar-refractivity contribution in [1.82, 2.24) is 4.98 Å². The number of carbonyl (C=O) groups excluding carboxylic acids is 1. The van der Waals surface area contributed by atoms with Gasteiger partial charge in [0.15, 0.2) is 5.13 Å². The van der Waals surface area contributed by atoms with Crippen LogP contribution in [-0.2, 0) is 16.2 Å². The molecule has 0 atom stereocenters. The number of aryl methyl sites for hydroxylation is 1. The average molecular weight is 259 g/mol. The lowest BCUT2D eigenvalue weighted by Gasteiger charge is -2.18. The van der Waals surface area contributed by atoms with Crippen molar-refractivity contribution < 1.29 is 14.4 Å².